The van der Waals surface area contributed by atoms with Crippen molar-refractivity contribution < 1.29 is 31.1 Å². The molecule has 134 valence electrons. The van der Waals surface area contributed by atoms with Gasteiger partial charge in [-0.25, -0.2) is 0 Å². The first-order chi connectivity index (χ1) is 10.9. The zero-order valence-corrected chi connectivity index (χ0v) is 13.1. The second-order valence-electron chi connectivity index (χ2n) is 6.45. The molecule has 1 aliphatic heterocycles. The monoisotopic (exact) mass is 353 g/mol. The smallest absolute Gasteiger partial charge is 0.338 e. The molecule has 1 aromatic rings. The average Bonchev–Trinajstić information content (AvgIpc) is 2.43. The summed E-state index contributed by atoms with van der Waals surface area (Å²) in [5, 5.41) is 0. The van der Waals surface area contributed by atoms with Gasteiger partial charge in [-0.15, -0.1) is 0 Å². The number of amides is 1. The number of piperidine rings is 1. The summed E-state index contributed by atoms with van der Waals surface area (Å²) < 4.78 is 77.2. The summed E-state index contributed by atoms with van der Waals surface area (Å²) in [7, 11) is 0. The maximum atomic E-state index is 12.9. The van der Waals surface area contributed by atoms with Crippen LogP contribution in [0, 0.1) is 11.8 Å². The maximum Gasteiger partial charge on any atom is 0.416 e. The molecule has 1 aromatic carbocycles. The van der Waals surface area contributed by atoms with E-state index < -0.39 is 35.0 Å². The van der Waals surface area contributed by atoms with E-state index in [1.807, 2.05) is 13.8 Å². The van der Waals surface area contributed by atoms with Crippen molar-refractivity contribution in [2.45, 2.75) is 32.6 Å². The summed E-state index contributed by atoms with van der Waals surface area (Å²) >= 11 is 0. The van der Waals surface area contributed by atoms with Crippen LogP contribution in [-0.4, -0.2) is 23.9 Å². The lowest BCUT2D eigenvalue weighted by Gasteiger charge is -2.35. The highest BCUT2D eigenvalue weighted by atomic mass is 19.4. The van der Waals surface area contributed by atoms with Crippen molar-refractivity contribution in [3.8, 4) is 0 Å². The molecule has 1 heterocycles. The normalized spacial score (nSPS) is 22.6. The van der Waals surface area contributed by atoms with E-state index >= 15 is 0 Å². The molecule has 8 heteroatoms. The number of carbonyl (C=O) groups excluding carboxylic acids is 1. The van der Waals surface area contributed by atoms with Crippen LogP contribution in [0.2, 0.25) is 0 Å². The summed E-state index contributed by atoms with van der Waals surface area (Å²) in [4.78, 5) is 13.8. The highest BCUT2D eigenvalue weighted by molar-refractivity contribution is 5.94. The van der Waals surface area contributed by atoms with Crippen LogP contribution in [0.25, 0.3) is 0 Å². The van der Waals surface area contributed by atoms with Crippen molar-refractivity contribution in [2.75, 3.05) is 13.1 Å². The molecule has 24 heavy (non-hydrogen) atoms. The van der Waals surface area contributed by atoms with E-state index in [-0.39, 0.29) is 17.9 Å². The first kappa shape index (κ1) is 18.6. The minimum Gasteiger partial charge on any atom is -0.338 e. The molecule has 0 bridgehead atoms. The molecular formula is C16H17F6NO. The predicted octanol–water partition coefficient (Wildman–Crippen LogP) is 4.84. The largest absolute Gasteiger partial charge is 0.416 e. The van der Waals surface area contributed by atoms with E-state index in [4.69, 9.17) is 0 Å². The van der Waals surface area contributed by atoms with Gasteiger partial charge in [0, 0.05) is 18.7 Å². The maximum absolute atomic E-state index is 12.9. The van der Waals surface area contributed by atoms with Gasteiger partial charge in [-0.1, -0.05) is 13.8 Å². The van der Waals surface area contributed by atoms with E-state index in [2.05, 4.69) is 0 Å². The Labute approximate surface area is 135 Å². The fraction of sp³-hybridized carbons (Fsp3) is 0.562. The molecule has 0 spiro atoms. The van der Waals surface area contributed by atoms with Gasteiger partial charge in [0.25, 0.3) is 5.91 Å². The van der Waals surface area contributed by atoms with Crippen LogP contribution in [0.15, 0.2) is 18.2 Å². The van der Waals surface area contributed by atoms with E-state index in [0.717, 1.165) is 6.42 Å². The van der Waals surface area contributed by atoms with E-state index in [0.29, 0.717) is 25.2 Å². The molecule has 0 radical (unpaired) electrons. The fourth-order valence-electron chi connectivity index (χ4n) is 3.09. The second-order valence-corrected chi connectivity index (χ2v) is 6.45. The van der Waals surface area contributed by atoms with Gasteiger partial charge >= 0.3 is 12.4 Å². The summed E-state index contributed by atoms with van der Waals surface area (Å²) in [5.41, 5.74) is -3.53. The fourth-order valence-corrected chi connectivity index (χ4v) is 3.09. The third-order valence-corrected chi connectivity index (χ3v) is 3.99. The Morgan fingerprint density at radius 2 is 1.33 bits per heavy atom. The third kappa shape index (κ3) is 4.21. The number of hydrogen-bond acceptors (Lipinski definition) is 1. The Hall–Kier alpha value is -1.73. The Balaban J connectivity index is 2.43. The summed E-state index contributed by atoms with van der Waals surface area (Å²) in [5.74, 6) is -0.513. The molecule has 0 saturated carbocycles. The lowest BCUT2D eigenvalue weighted by Crippen LogP contribution is -2.42. The molecule has 1 saturated heterocycles. The van der Waals surface area contributed by atoms with Crippen molar-refractivity contribution >= 4 is 5.91 Å². The van der Waals surface area contributed by atoms with Crippen LogP contribution in [0.1, 0.15) is 41.8 Å². The van der Waals surface area contributed by atoms with Gasteiger partial charge in [0.15, 0.2) is 0 Å². The molecule has 0 aliphatic carbocycles. The van der Waals surface area contributed by atoms with Crippen LogP contribution in [0.5, 0.6) is 0 Å². The minimum atomic E-state index is -4.96. The van der Waals surface area contributed by atoms with Gasteiger partial charge < -0.3 is 4.90 Å². The number of benzene rings is 1. The molecule has 2 nitrogen and oxygen atoms in total. The number of hydrogen-bond donors (Lipinski definition) is 0. The van der Waals surface area contributed by atoms with Crippen molar-refractivity contribution in [1.29, 1.82) is 0 Å². The second kappa shape index (κ2) is 6.29. The molecule has 2 rings (SSSR count). The number of likely N-dealkylation sites (tertiary alicyclic amines) is 1. The van der Waals surface area contributed by atoms with Crippen molar-refractivity contribution in [2.24, 2.45) is 11.8 Å². The topological polar surface area (TPSA) is 20.3 Å². The van der Waals surface area contributed by atoms with Gasteiger partial charge in [0.05, 0.1) is 11.1 Å². The van der Waals surface area contributed by atoms with Crippen LogP contribution in [0.3, 0.4) is 0 Å². The molecule has 2 unspecified atom stereocenters. The number of halogens is 6. The van der Waals surface area contributed by atoms with Gasteiger partial charge in [0.2, 0.25) is 0 Å². The zero-order chi connectivity index (χ0) is 18.3. The van der Waals surface area contributed by atoms with Gasteiger partial charge in [0.1, 0.15) is 0 Å². The van der Waals surface area contributed by atoms with E-state index in [9.17, 15) is 31.1 Å². The van der Waals surface area contributed by atoms with Gasteiger partial charge in [-0.2, -0.15) is 26.3 Å². The number of alkyl halides is 6. The highest BCUT2D eigenvalue weighted by Crippen LogP contribution is 2.36. The summed E-state index contributed by atoms with van der Waals surface area (Å²) in [6.07, 6.45) is -9.06. The van der Waals surface area contributed by atoms with E-state index in [1.165, 1.54) is 4.90 Å². The molecule has 0 N–H and O–H groups in total. The van der Waals surface area contributed by atoms with Crippen LogP contribution in [0.4, 0.5) is 26.3 Å². The van der Waals surface area contributed by atoms with Crippen LogP contribution >= 0.6 is 0 Å². The third-order valence-electron chi connectivity index (χ3n) is 3.99. The van der Waals surface area contributed by atoms with Gasteiger partial charge in [-0.05, 0) is 36.5 Å². The first-order valence-corrected chi connectivity index (χ1v) is 7.46. The first-order valence-electron chi connectivity index (χ1n) is 7.46. The SMILES string of the molecule is CC1CC(C)CN(C(=O)c2cc(C(F)(F)F)cc(C(F)(F)F)c2)C1. The zero-order valence-electron chi connectivity index (χ0n) is 13.1. The molecular weight excluding hydrogens is 336 g/mol. The summed E-state index contributed by atoms with van der Waals surface area (Å²) in [6.45, 7) is 4.42. The molecule has 2 atom stereocenters. The Morgan fingerprint density at radius 1 is 0.917 bits per heavy atom. The lowest BCUT2D eigenvalue weighted by molar-refractivity contribution is -0.143. The minimum absolute atomic E-state index is 0.0260. The Morgan fingerprint density at radius 3 is 1.71 bits per heavy atom. The molecule has 1 fully saturated rings. The number of nitrogens with zero attached hydrogens (tertiary/aromatic N) is 1. The van der Waals surface area contributed by atoms with Crippen LogP contribution in [-0.2, 0) is 12.4 Å². The van der Waals surface area contributed by atoms with E-state index in [1.54, 1.807) is 0 Å². The van der Waals surface area contributed by atoms with Gasteiger partial charge in [-0.3, -0.25) is 4.79 Å². The highest BCUT2D eigenvalue weighted by Gasteiger charge is 2.38. The summed E-state index contributed by atoms with van der Waals surface area (Å²) in [6, 6.07) is 1.00. The standard InChI is InChI=1S/C16H17F6NO/c1-9-3-10(2)8-23(7-9)14(24)11-4-12(15(17,18)19)6-13(5-11)16(20,21)22/h4-6,9-10H,3,7-8H2,1-2H3. The Kier molecular flexibility index (Phi) is 4.88. The average molecular weight is 353 g/mol. The Bertz CT molecular complexity index is 580. The molecule has 1 amide bonds. The quantitative estimate of drug-likeness (QED) is 0.662. The molecule has 0 aromatic heterocycles. The lowest BCUT2D eigenvalue weighted by atomic mass is 9.91. The molecule has 1 aliphatic rings. The predicted molar refractivity (Wildman–Crippen MR) is 75.3 cm³/mol. The van der Waals surface area contributed by atoms with Crippen LogP contribution < -0.4 is 0 Å². The number of rotatable bonds is 1. The van der Waals surface area contributed by atoms with Crippen molar-refractivity contribution in [1.82, 2.24) is 4.90 Å². The van der Waals surface area contributed by atoms with Crippen molar-refractivity contribution in [3.05, 3.63) is 34.9 Å². The van der Waals surface area contributed by atoms with Crippen molar-refractivity contribution in [3.63, 3.8) is 0 Å². The number of carbonyl (C=O) groups is 1.